The summed E-state index contributed by atoms with van der Waals surface area (Å²) in [6, 6.07) is 7.75. The van der Waals surface area contributed by atoms with Crippen LogP contribution in [0.25, 0.3) is 0 Å². The minimum Gasteiger partial charge on any atom is -0.338 e. The third kappa shape index (κ3) is 3.74. The third-order valence-electron chi connectivity index (χ3n) is 4.05. The molecule has 5 nitrogen and oxygen atoms in total. The first-order valence-corrected chi connectivity index (χ1v) is 8.88. The van der Waals surface area contributed by atoms with Crippen LogP contribution in [0.5, 0.6) is 0 Å². The summed E-state index contributed by atoms with van der Waals surface area (Å²) in [4.78, 5) is 27.5. The van der Waals surface area contributed by atoms with E-state index < -0.39 is 0 Å². The number of nitrogens with zero attached hydrogens (tertiary/aromatic N) is 2. The van der Waals surface area contributed by atoms with Crippen LogP contribution in [0, 0.1) is 0 Å². The molecule has 118 valence electrons. The largest absolute Gasteiger partial charge is 0.338 e. The Morgan fingerprint density at radius 2 is 1.86 bits per heavy atom. The molecule has 2 heterocycles. The molecule has 2 fully saturated rings. The number of anilines is 1. The lowest BCUT2D eigenvalue weighted by molar-refractivity contribution is -0.128. The van der Waals surface area contributed by atoms with Crippen LogP contribution in [-0.2, 0) is 11.3 Å². The molecule has 2 saturated heterocycles. The van der Waals surface area contributed by atoms with Gasteiger partial charge >= 0.3 is 6.03 Å². The lowest BCUT2D eigenvalue weighted by Crippen LogP contribution is -2.40. The highest BCUT2D eigenvalue weighted by molar-refractivity contribution is 7.99. The number of nitrogens with one attached hydrogen (secondary N) is 1. The minimum atomic E-state index is -0.0252. The van der Waals surface area contributed by atoms with Crippen molar-refractivity contribution in [3.8, 4) is 0 Å². The fourth-order valence-corrected chi connectivity index (χ4v) is 3.66. The Kier molecular flexibility index (Phi) is 4.87. The number of thioether (sulfide) groups is 1. The van der Waals surface area contributed by atoms with Gasteiger partial charge in [-0.25, -0.2) is 4.79 Å². The molecule has 2 aliphatic heterocycles. The predicted octanol–water partition coefficient (Wildman–Crippen LogP) is 2.39. The summed E-state index contributed by atoms with van der Waals surface area (Å²) in [6.07, 6.45) is 1.63. The third-order valence-corrected chi connectivity index (χ3v) is 4.99. The van der Waals surface area contributed by atoms with Crippen molar-refractivity contribution >= 4 is 29.4 Å². The topological polar surface area (TPSA) is 52.7 Å². The maximum Gasteiger partial charge on any atom is 0.321 e. The Balaban J connectivity index is 1.54. The molecule has 6 heteroatoms. The van der Waals surface area contributed by atoms with Crippen molar-refractivity contribution in [1.29, 1.82) is 0 Å². The molecule has 1 aromatic carbocycles. The summed E-state index contributed by atoms with van der Waals surface area (Å²) in [5.74, 6) is 2.26. The van der Waals surface area contributed by atoms with Crippen molar-refractivity contribution in [2.75, 3.05) is 36.5 Å². The van der Waals surface area contributed by atoms with Gasteiger partial charge in [0.2, 0.25) is 5.91 Å². The molecule has 3 rings (SSSR count). The fourth-order valence-electron chi connectivity index (χ4n) is 2.75. The number of hydrogen-bond donors (Lipinski definition) is 1. The predicted molar refractivity (Wildman–Crippen MR) is 89.0 cm³/mol. The zero-order valence-electron chi connectivity index (χ0n) is 12.6. The SMILES string of the molecule is O=C1CCCN1Cc1ccc(NC(=O)N2CCSCC2)cc1. The summed E-state index contributed by atoms with van der Waals surface area (Å²) in [5.41, 5.74) is 1.90. The van der Waals surface area contributed by atoms with Crippen molar-refractivity contribution < 1.29 is 9.59 Å². The van der Waals surface area contributed by atoms with Crippen LogP contribution in [0.4, 0.5) is 10.5 Å². The standard InChI is InChI=1S/C16H21N3O2S/c20-15-2-1-7-19(15)12-13-3-5-14(6-4-13)17-16(21)18-8-10-22-11-9-18/h3-6H,1-2,7-12H2,(H,17,21). The number of rotatable bonds is 3. The van der Waals surface area contributed by atoms with Crippen molar-refractivity contribution in [3.63, 3.8) is 0 Å². The van der Waals surface area contributed by atoms with Crippen molar-refractivity contribution in [3.05, 3.63) is 29.8 Å². The van der Waals surface area contributed by atoms with E-state index in [2.05, 4.69) is 5.32 Å². The van der Waals surface area contributed by atoms with Gasteiger partial charge < -0.3 is 15.1 Å². The van der Waals surface area contributed by atoms with Gasteiger partial charge in [0, 0.05) is 49.8 Å². The molecule has 1 aromatic rings. The molecule has 22 heavy (non-hydrogen) atoms. The lowest BCUT2D eigenvalue weighted by Gasteiger charge is -2.26. The van der Waals surface area contributed by atoms with Crippen LogP contribution in [0.15, 0.2) is 24.3 Å². The second-order valence-electron chi connectivity index (χ2n) is 5.65. The van der Waals surface area contributed by atoms with Crippen LogP contribution in [0.3, 0.4) is 0 Å². The molecule has 0 bridgehead atoms. The van der Waals surface area contributed by atoms with Crippen molar-refractivity contribution in [2.45, 2.75) is 19.4 Å². The molecule has 0 unspecified atom stereocenters. The number of carbonyl (C=O) groups excluding carboxylic acids is 2. The van der Waals surface area contributed by atoms with Crippen LogP contribution in [0.1, 0.15) is 18.4 Å². The first kappa shape index (κ1) is 15.2. The van der Waals surface area contributed by atoms with Crippen LogP contribution in [-0.4, -0.2) is 52.9 Å². The quantitative estimate of drug-likeness (QED) is 0.931. The van der Waals surface area contributed by atoms with Crippen molar-refractivity contribution in [1.82, 2.24) is 9.80 Å². The van der Waals surface area contributed by atoms with Gasteiger partial charge in [-0.1, -0.05) is 12.1 Å². The number of urea groups is 1. The zero-order valence-corrected chi connectivity index (χ0v) is 13.4. The Labute approximate surface area is 135 Å². The van der Waals surface area contributed by atoms with Gasteiger partial charge in [-0.3, -0.25) is 4.79 Å². The van der Waals surface area contributed by atoms with Gasteiger partial charge in [0.05, 0.1) is 0 Å². The molecule has 0 spiro atoms. The van der Waals surface area contributed by atoms with E-state index >= 15 is 0 Å². The van der Waals surface area contributed by atoms with E-state index in [1.165, 1.54) is 0 Å². The van der Waals surface area contributed by atoms with Crippen molar-refractivity contribution in [2.24, 2.45) is 0 Å². The van der Waals surface area contributed by atoms with Crippen LogP contribution >= 0.6 is 11.8 Å². The molecule has 0 aliphatic carbocycles. The highest BCUT2D eigenvalue weighted by atomic mass is 32.2. The number of likely N-dealkylation sites (tertiary alicyclic amines) is 1. The Hall–Kier alpha value is -1.69. The first-order chi connectivity index (χ1) is 10.7. The lowest BCUT2D eigenvalue weighted by atomic mass is 10.2. The molecule has 0 radical (unpaired) electrons. The minimum absolute atomic E-state index is 0.0252. The van der Waals surface area contributed by atoms with Gasteiger partial charge in [-0.2, -0.15) is 11.8 Å². The number of hydrogen-bond acceptors (Lipinski definition) is 3. The second-order valence-corrected chi connectivity index (χ2v) is 6.87. The van der Waals surface area contributed by atoms with E-state index in [4.69, 9.17) is 0 Å². The summed E-state index contributed by atoms with van der Waals surface area (Å²) >= 11 is 1.89. The van der Waals surface area contributed by atoms with Gasteiger partial charge in [0.15, 0.2) is 0 Å². The second kappa shape index (κ2) is 7.05. The fraction of sp³-hybridized carbons (Fsp3) is 0.500. The molecule has 1 N–H and O–H groups in total. The van der Waals surface area contributed by atoms with Gasteiger partial charge in [-0.05, 0) is 24.1 Å². The maximum atomic E-state index is 12.1. The molecule has 0 aromatic heterocycles. The Morgan fingerprint density at radius 3 is 2.50 bits per heavy atom. The van der Waals surface area contributed by atoms with E-state index in [-0.39, 0.29) is 11.9 Å². The summed E-state index contributed by atoms with van der Waals surface area (Å²) in [7, 11) is 0. The molecule has 0 atom stereocenters. The smallest absolute Gasteiger partial charge is 0.321 e. The molecular weight excluding hydrogens is 298 g/mol. The summed E-state index contributed by atoms with van der Waals surface area (Å²) in [6.45, 7) is 3.14. The molecule has 3 amide bonds. The van der Waals surface area contributed by atoms with E-state index in [0.717, 1.165) is 48.8 Å². The Bertz CT molecular complexity index is 541. The monoisotopic (exact) mass is 319 g/mol. The average molecular weight is 319 g/mol. The summed E-state index contributed by atoms with van der Waals surface area (Å²) < 4.78 is 0. The van der Waals surface area contributed by atoms with E-state index in [9.17, 15) is 9.59 Å². The van der Waals surface area contributed by atoms with Gasteiger partial charge in [0.1, 0.15) is 0 Å². The molecule has 2 aliphatic rings. The van der Waals surface area contributed by atoms with Gasteiger partial charge in [-0.15, -0.1) is 0 Å². The highest BCUT2D eigenvalue weighted by Gasteiger charge is 2.20. The molecule has 0 saturated carbocycles. The Morgan fingerprint density at radius 1 is 1.14 bits per heavy atom. The first-order valence-electron chi connectivity index (χ1n) is 7.73. The van der Waals surface area contributed by atoms with Crippen LogP contribution in [0.2, 0.25) is 0 Å². The number of carbonyl (C=O) groups is 2. The van der Waals surface area contributed by atoms with E-state index in [1.807, 2.05) is 45.8 Å². The number of amides is 3. The summed E-state index contributed by atoms with van der Waals surface area (Å²) in [5, 5.41) is 2.94. The van der Waals surface area contributed by atoms with Crippen LogP contribution < -0.4 is 5.32 Å². The van der Waals surface area contributed by atoms with E-state index in [1.54, 1.807) is 0 Å². The maximum absolute atomic E-state index is 12.1. The zero-order chi connectivity index (χ0) is 15.4. The highest BCUT2D eigenvalue weighted by Crippen LogP contribution is 2.17. The van der Waals surface area contributed by atoms with E-state index in [0.29, 0.717) is 13.0 Å². The normalized spacial score (nSPS) is 18.6. The molecular formula is C16H21N3O2S. The average Bonchev–Trinajstić information content (AvgIpc) is 2.95. The van der Waals surface area contributed by atoms with Gasteiger partial charge in [0.25, 0.3) is 0 Å². The number of benzene rings is 1.